The number of hydrogen-bond acceptors (Lipinski definition) is 3. The van der Waals surface area contributed by atoms with Crippen LogP contribution in [0.1, 0.15) is 44.2 Å². The van der Waals surface area contributed by atoms with Crippen LogP contribution >= 0.6 is 0 Å². The van der Waals surface area contributed by atoms with Crippen LogP contribution in [0.5, 0.6) is 5.75 Å². The highest BCUT2D eigenvalue weighted by atomic mass is 16.5. The van der Waals surface area contributed by atoms with Crippen molar-refractivity contribution < 1.29 is 4.74 Å². The number of ether oxygens (including phenoxy) is 1. The standard InChI is InChI=1S/C15H24N2O/c1-10-8-15(2,3)17(4)13-7-14(18-5)11(9-16)6-12(10)13/h6-7,10H,8-9,16H2,1-5H3/t10-/m1/s1. The summed E-state index contributed by atoms with van der Waals surface area (Å²) in [7, 11) is 3.87. The Balaban J connectivity index is 2.58. The predicted octanol–water partition coefficient (Wildman–Crippen LogP) is 2.88. The molecule has 0 radical (unpaired) electrons. The van der Waals surface area contributed by atoms with Crippen molar-refractivity contribution in [2.75, 3.05) is 19.1 Å². The van der Waals surface area contributed by atoms with E-state index in [0.717, 1.165) is 17.7 Å². The molecule has 1 aliphatic heterocycles. The van der Waals surface area contributed by atoms with Crippen molar-refractivity contribution in [3.8, 4) is 5.75 Å². The average molecular weight is 248 g/mol. The summed E-state index contributed by atoms with van der Waals surface area (Å²) in [6.07, 6.45) is 1.16. The molecule has 3 nitrogen and oxygen atoms in total. The van der Waals surface area contributed by atoms with Crippen LogP contribution in [0, 0.1) is 0 Å². The van der Waals surface area contributed by atoms with Gasteiger partial charge < -0.3 is 15.4 Å². The maximum atomic E-state index is 5.80. The number of nitrogens with zero attached hydrogens (tertiary/aromatic N) is 1. The second-order valence-corrected chi connectivity index (χ2v) is 5.90. The Morgan fingerprint density at radius 3 is 2.67 bits per heavy atom. The Labute approximate surface area is 110 Å². The van der Waals surface area contributed by atoms with Gasteiger partial charge in [-0.2, -0.15) is 0 Å². The molecule has 0 saturated carbocycles. The molecule has 18 heavy (non-hydrogen) atoms. The van der Waals surface area contributed by atoms with Crippen LogP contribution in [0.3, 0.4) is 0 Å². The van der Waals surface area contributed by atoms with E-state index in [1.54, 1.807) is 7.11 Å². The molecular formula is C15H24N2O. The second-order valence-electron chi connectivity index (χ2n) is 5.90. The van der Waals surface area contributed by atoms with E-state index in [4.69, 9.17) is 10.5 Å². The van der Waals surface area contributed by atoms with Crippen LogP contribution in [-0.4, -0.2) is 19.7 Å². The lowest BCUT2D eigenvalue weighted by atomic mass is 9.80. The molecule has 0 saturated heterocycles. The van der Waals surface area contributed by atoms with E-state index in [-0.39, 0.29) is 5.54 Å². The molecule has 0 fully saturated rings. The molecule has 0 bridgehead atoms. The highest BCUT2D eigenvalue weighted by Crippen LogP contribution is 2.44. The van der Waals surface area contributed by atoms with Gasteiger partial charge in [0, 0.05) is 36.4 Å². The fraction of sp³-hybridized carbons (Fsp3) is 0.600. The summed E-state index contributed by atoms with van der Waals surface area (Å²) < 4.78 is 5.45. The van der Waals surface area contributed by atoms with E-state index in [0.29, 0.717) is 12.5 Å². The number of methoxy groups -OCH3 is 1. The Bertz CT molecular complexity index is 454. The van der Waals surface area contributed by atoms with E-state index in [9.17, 15) is 0 Å². The van der Waals surface area contributed by atoms with E-state index >= 15 is 0 Å². The van der Waals surface area contributed by atoms with Gasteiger partial charge in [0.15, 0.2) is 0 Å². The summed E-state index contributed by atoms with van der Waals surface area (Å²) >= 11 is 0. The SMILES string of the molecule is COc1cc2c(cc1CN)[C@H](C)CC(C)(C)N2C. The highest BCUT2D eigenvalue weighted by molar-refractivity contribution is 5.63. The number of benzene rings is 1. The van der Waals surface area contributed by atoms with E-state index in [1.807, 2.05) is 0 Å². The summed E-state index contributed by atoms with van der Waals surface area (Å²) in [6, 6.07) is 4.35. The van der Waals surface area contributed by atoms with Gasteiger partial charge in [0.2, 0.25) is 0 Å². The third-order valence-electron chi connectivity index (χ3n) is 4.26. The number of nitrogens with two attached hydrogens (primary N) is 1. The smallest absolute Gasteiger partial charge is 0.125 e. The molecule has 1 aromatic rings. The zero-order valence-electron chi connectivity index (χ0n) is 12.1. The van der Waals surface area contributed by atoms with Crippen molar-refractivity contribution in [3.05, 3.63) is 23.3 Å². The third-order valence-corrected chi connectivity index (χ3v) is 4.26. The zero-order chi connectivity index (χ0) is 13.5. The summed E-state index contributed by atoms with van der Waals surface area (Å²) in [4.78, 5) is 2.35. The van der Waals surface area contributed by atoms with Crippen molar-refractivity contribution >= 4 is 5.69 Å². The minimum atomic E-state index is 0.182. The van der Waals surface area contributed by atoms with Gasteiger partial charge in [-0.25, -0.2) is 0 Å². The molecular weight excluding hydrogens is 224 g/mol. The maximum Gasteiger partial charge on any atom is 0.125 e. The van der Waals surface area contributed by atoms with E-state index in [2.05, 4.69) is 44.9 Å². The predicted molar refractivity (Wildman–Crippen MR) is 76.4 cm³/mol. The molecule has 1 aliphatic rings. The number of anilines is 1. The van der Waals surface area contributed by atoms with Crippen LogP contribution in [-0.2, 0) is 6.54 Å². The number of hydrogen-bond donors (Lipinski definition) is 1. The first-order chi connectivity index (χ1) is 8.40. The van der Waals surface area contributed by atoms with Crippen LogP contribution in [0.15, 0.2) is 12.1 Å². The molecule has 100 valence electrons. The minimum absolute atomic E-state index is 0.182. The molecule has 1 aromatic carbocycles. The lowest BCUT2D eigenvalue weighted by Crippen LogP contribution is -2.45. The topological polar surface area (TPSA) is 38.5 Å². The van der Waals surface area contributed by atoms with Crippen molar-refractivity contribution in [2.24, 2.45) is 5.73 Å². The van der Waals surface area contributed by atoms with Crippen LogP contribution in [0.2, 0.25) is 0 Å². The fourth-order valence-corrected chi connectivity index (χ4v) is 2.99. The highest BCUT2D eigenvalue weighted by Gasteiger charge is 2.34. The summed E-state index contributed by atoms with van der Waals surface area (Å²) in [5, 5.41) is 0. The van der Waals surface area contributed by atoms with E-state index in [1.165, 1.54) is 11.3 Å². The van der Waals surface area contributed by atoms with Gasteiger partial charge in [-0.1, -0.05) is 6.92 Å². The van der Waals surface area contributed by atoms with Crippen LogP contribution in [0.4, 0.5) is 5.69 Å². The minimum Gasteiger partial charge on any atom is -0.496 e. The van der Waals surface area contributed by atoms with Gasteiger partial charge in [0.1, 0.15) is 5.75 Å². The van der Waals surface area contributed by atoms with E-state index < -0.39 is 0 Å². The first kappa shape index (κ1) is 13.2. The summed E-state index contributed by atoms with van der Waals surface area (Å²) in [5.74, 6) is 1.45. The average Bonchev–Trinajstić information content (AvgIpc) is 2.34. The Morgan fingerprint density at radius 2 is 2.11 bits per heavy atom. The normalized spacial score (nSPS) is 21.7. The largest absolute Gasteiger partial charge is 0.496 e. The van der Waals surface area contributed by atoms with Crippen LogP contribution < -0.4 is 15.4 Å². The van der Waals surface area contributed by atoms with Gasteiger partial charge in [-0.15, -0.1) is 0 Å². The molecule has 1 heterocycles. The molecule has 0 unspecified atom stereocenters. The monoisotopic (exact) mass is 248 g/mol. The number of fused-ring (bicyclic) bond motifs is 1. The zero-order valence-corrected chi connectivity index (χ0v) is 12.1. The van der Waals surface area contributed by atoms with Gasteiger partial charge >= 0.3 is 0 Å². The molecule has 2 rings (SSSR count). The van der Waals surface area contributed by atoms with Gasteiger partial charge in [-0.3, -0.25) is 0 Å². The maximum absolute atomic E-state index is 5.80. The van der Waals surface area contributed by atoms with Crippen LogP contribution in [0.25, 0.3) is 0 Å². The summed E-state index contributed by atoms with van der Waals surface area (Å²) in [6.45, 7) is 7.39. The third kappa shape index (κ3) is 1.97. The quantitative estimate of drug-likeness (QED) is 0.874. The van der Waals surface area contributed by atoms with Gasteiger partial charge in [0.05, 0.1) is 7.11 Å². The Morgan fingerprint density at radius 1 is 1.44 bits per heavy atom. The molecule has 3 heteroatoms. The van der Waals surface area contributed by atoms with Crippen molar-refractivity contribution in [2.45, 2.75) is 45.2 Å². The first-order valence-electron chi connectivity index (χ1n) is 6.55. The molecule has 0 aliphatic carbocycles. The molecule has 0 aromatic heterocycles. The Hall–Kier alpha value is -1.22. The lowest BCUT2D eigenvalue weighted by molar-refractivity contribution is 0.388. The number of rotatable bonds is 2. The van der Waals surface area contributed by atoms with Gasteiger partial charge in [0.25, 0.3) is 0 Å². The van der Waals surface area contributed by atoms with Crippen molar-refractivity contribution in [1.82, 2.24) is 0 Å². The van der Waals surface area contributed by atoms with Crippen molar-refractivity contribution in [1.29, 1.82) is 0 Å². The Kier molecular flexibility index (Phi) is 3.28. The van der Waals surface area contributed by atoms with Crippen molar-refractivity contribution in [3.63, 3.8) is 0 Å². The summed E-state index contributed by atoms with van der Waals surface area (Å²) in [5.41, 5.74) is 9.73. The fourth-order valence-electron chi connectivity index (χ4n) is 2.99. The molecule has 0 spiro atoms. The molecule has 2 N–H and O–H groups in total. The van der Waals surface area contributed by atoms with Gasteiger partial charge in [-0.05, 0) is 37.8 Å². The second kappa shape index (κ2) is 4.47. The molecule has 0 amide bonds. The first-order valence-corrected chi connectivity index (χ1v) is 6.55. The molecule has 1 atom stereocenters. The lowest BCUT2D eigenvalue weighted by Gasteiger charge is -2.45.